The molecule has 14 heavy (non-hydrogen) atoms. The third kappa shape index (κ3) is 2.85. The van der Waals surface area contributed by atoms with E-state index in [-0.39, 0.29) is 11.9 Å². The third-order valence-electron chi connectivity index (χ3n) is 2.02. The van der Waals surface area contributed by atoms with Crippen molar-refractivity contribution in [2.75, 3.05) is 19.8 Å². The van der Waals surface area contributed by atoms with Gasteiger partial charge in [-0.1, -0.05) is 0 Å². The van der Waals surface area contributed by atoms with Gasteiger partial charge in [0, 0.05) is 18.7 Å². The summed E-state index contributed by atoms with van der Waals surface area (Å²) in [5.74, 6) is -1.39. The van der Waals surface area contributed by atoms with Crippen molar-refractivity contribution in [3.8, 4) is 0 Å². The molecule has 0 spiro atoms. The topological polar surface area (TPSA) is 66.8 Å². The van der Waals surface area contributed by atoms with E-state index in [2.05, 4.69) is 0 Å². The van der Waals surface area contributed by atoms with Crippen LogP contribution in [0.2, 0.25) is 0 Å². The minimum Gasteiger partial charge on any atom is -0.478 e. The molecule has 1 fully saturated rings. The van der Waals surface area contributed by atoms with E-state index in [0.717, 1.165) is 12.2 Å². The molecule has 0 radical (unpaired) electrons. The van der Waals surface area contributed by atoms with Crippen LogP contribution >= 0.6 is 0 Å². The fourth-order valence-electron chi connectivity index (χ4n) is 1.29. The number of nitrogens with zero attached hydrogens (tertiary/aromatic N) is 1. The minimum absolute atomic E-state index is 0.00898. The van der Waals surface area contributed by atoms with E-state index in [9.17, 15) is 9.59 Å². The summed E-state index contributed by atoms with van der Waals surface area (Å²) in [5.41, 5.74) is 0. The lowest BCUT2D eigenvalue weighted by molar-refractivity contribution is -0.135. The second kappa shape index (κ2) is 4.76. The normalized spacial score (nSPS) is 22.6. The second-order valence-corrected chi connectivity index (χ2v) is 3.13. The zero-order valence-electron chi connectivity index (χ0n) is 7.97. The van der Waals surface area contributed by atoms with E-state index in [4.69, 9.17) is 9.84 Å². The molecule has 5 heteroatoms. The van der Waals surface area contributed by atoms with Gasteiger partial charge in [-0.05, 0) is 6.92 Å². The summed E-state index contributed by atoms with van der Waals surface area (Å²) in [6.07, 6.45) is 1.93. The Hall–Kier alpha value is -1.36. The number of ether oxygens (including phenoxy) is 1. The van der Waals surface area contributed by atoms with Crippen LogP contribution in [0.25, 0.3) is 0 Å². The van der Waals surface area contributed by atoms with Crippen LogP contribution in [-0.4, -0.2) is 47.7 Å². The first-order chi connectivity index (χ1) is 6.61. The first-order valence-electron chi connectivity index (χ1n) is 4.40. The molecule has 0 aromatic heterocycles. The lowest BCUT2D eigenvalue weighted by Gasteiger charge is -2.32. The zero-order chi connectivity index (χ0) is 10.6. The highest BCUT2D eigenvalue weighted by Crippen LogP contribution is 2.06. The Kier molecular flexibility index (Phi) is 3.64. The summed E-state index contributed by atoms with van der Waals surface area (Å²) in [4.78, 5) is 23.2. The van der Waals surface area contributed by atoms with Gasteiger partial charge in [0.2, 0.25) is 5.91 Å². The number of carboxylic acid groups (broad SMARTS) is 1. The van der Waals surface area contributed by atoms with Crippen LogP contribution in [0.1, 0.15) is 6.92 Å². The molecule has 78 valence electrons. The predicted molar refractivity (Wildman–Crippen MR) is 48.8 cm³/mol. The molecule has 1 unspecified atom stereocenters. The summed E-state index contributed by atoms with van der Waals surface area (Å²) in [7, 11) is 0. The lowest BCUT2D eigenvalue weighted by Crippen LogP contribution is -2.46. The molecule has 0 bridgehead atoms. The molecule has 0 aliphatic carbocycles. The molecule has 1 rings (SSSR count). The maximum absolute atomic E-state index is 11.4. The zero-order valence-corrected chi connectivity index (χ0v) is 7.97. The Morgan fingerprint density at radius 2 is 2.21 bits per heavy atom. The Labute approximate surface area is 82.0 Å². The average Bonchev–Trinajstić information content (AvgIpc) is 2.15. The molecule has 5 nitrogen and oxygen atoms in total. The Morgan fingerprint density at radius 3 is 2.79 bits per heavy atom. The maximum atomic E-state index is 11.4. The number of carbonyl (C=O) groups is 2. The van der Waals surface area contributed by atoms with E-state index in [1.54, 1.807) is 4.90 Å². The van der Waals surface area contributed by atoms with Crippen molar-refractivity contribution >= 4 is 11.9 Å². The molecule has 1 atom stereocenters. The van der Waals surface area contributed by atoms with Crippen LogP contribution in [0, 0.1) is 0 Å². The Balaban J connectivity index is 2.54. The number of amides is 1. The summed E-state index contributed by atoms with van der Waals surface area (Å²) in [5, 5.41) is 8.34. The summed E-state index contributed by atoms with van der Waals surface area (Å²) in [6.45, 7) is 3.40. The van der Waals surface area contributed by atoms with Gasteiger partial charge in [-0.2, -0.15) is 0 Å². The average molecular weight is 199 g/mol. The standard InChI is InChI=1S/C9H13NO4/c1-7-6-14-5-4-10(7)8(11)2-3-9(12)13/h2-3,7H,4-6H2,1H3,(H,12,13)/b3-2-. The predicted octanol–water partition coefficient (Wildman–Crippen LogP) is -0.126. The van der Waals surface area contributed by atoms with Crippen molar-refractivity contribution in [1.29, 1.82) is 0 Å². The highest BCUT2D eigenvalue weighted by molar-refractivity contribution is 5.94. The molecule has 0 saturated carbocycles. The van der Waals surface area contributed by atoms with E-state index in [1.165, 1.54) is 0 Å². The van der Waals surface area contributed by atoms with Crippen LogP contribution in [0.5, 0.6) is 0 Å². The maximum Gasteiger partial charge on any atom is 0.328 e. The van der Waals surface area contributed by atoms with Gasteiger partial charge in [-0.25, -0.2) is 4.79 Å². The van der Waals surface area contributed by atoms with Crippen LogP contribution in [0.15, 0.2) is 12.2 Å². The lowest BCUT2D eigenvalue weighted by atomic mass is 10.2. The van der Waals surface area contributed by atoms with E-state index in [1.807, 2.05) is 6.92 Å². The van der Waals surface area contributed by atoms with E-state index in [0.29, 0.717) is 19.8 Å². The number of carboxylic acids is 1. The minimum atomic E-state index is -1.11. The first kappa shape index (κ1) is 10.7. The van der Waals surface area contributed by atoms with Crippen molar-refractivity contribution in [1.82, 2.24) is 4.90 Å². The van der Waals surface area contributed by atoms with Crippen molar-refractivity contribution in [2.45, 2.75) is 13.0 Å². The van der Waals surface area contributed by atoms with E-state index >= 15 is 0 Å². The van der Waals surface area contributed by atoms with Gasteiger partial charge in [0.25, 0.3) is 0 Å². The van der Waals surface area contributed by atoms with Crippen LogP contribution in [-0.2, 0) is 14.3 Å². The number of aliphatic carboxylic acids is 1. The van der Waals surface area contributed by atoms with Gasteiger partial charge >= 0.3 is 5.97 Å². The number of hydrogen-bond acceptors (Lipinski definition) is 3. The quantitative estimate of drug-likeness (QED) is 0.629. The molecule has 1 heterocycles. The fraction of sp³-hybridized carbons (Fsp3) is 0.556. The molecule has 0 aromatic rings. The summed E-state index contributed by atoms with van der Waals surface area (Å²) < 4.78 is 5.15. The Bertz CT molecular complexity index is 262. The molecule has 1 aliphatic heterocycles. The van der Waals surface area contributed by atoms with Gasteiger partial charge < -0.3 is 14.7 Å². The Morgan fingerprint density at radius 1 is 1.50 bits per heavy atom. The monoisotopic (exact) mass is 199 g/mol. The molecule has 1 aliphatic rings. The number of rotatable bonds is 2. The smallest absolute Gasteiger partial charge is 0.328 e. The second-order valence-electron chi connectivity index (χ2n) is 3.13. The largest absolute Gasteiger partial charge is 0.478 e. The van der Waals surface area contributed by atoms with Crippen molar-refractivity contribution in [3.05, 3.63) is 12.2 Å². The number of carbonyl (C=O) groups excluding carboxylic acids is 1. The van der Waals surface area contributed by atoms with E-state index < -0.39 is 5.97 Å². The molecular weight excluding hydrogens is 186 g/mol. The van der Waals surface area contributed by atoms with Crippen LogP contribution < -0.4 is 0 Å². The van der Waals surface area contributed by atoms with Gasteiger partial charge in [0.1, 0.15) is 0 Å². The fourth-order valence-corrected chi connectivity index (χ4v) is 1.29. The van der Waals surface area contributed by atoms with Crippen LogP contribution in [0.3, 0.4) is 0 Å². The first-order valence-corrected chi connectivity index (χ1v) is 4.40. The molecule has 1 saturated heterocycles. The summed E-state index contributed by atoms with van der Waals surface area (Å²) >= 11 is 0. The number of hydrogen-bond donors (Lipinski definition) is 1. The van der Waals surface area contributed by atoms with Gasteiger partial charge in [-0.15, -0.1) is 0 Å². The molecule has 1 amide bonds. The molecule has 0 aromatic carbocycles. The summed E-state index contributed by atoms with van der Waals surface area (Å²) in [6, 6.07) is 0.00898. The van der Waals surface area contributed by atoms with Crippen molar-refractivity contribution < 1.29 is 19.4 Å². The van der Waals surface area contributed by atoms with Crippen molar-refractivity contribution in [2.24, 2.45) is 0 Å². The third-order valence-corrected chi connectivity index (χ3v) is 2.02. The van der Waals surface area contributed by atoms with Gasteiger partial charge in [-0.3, -0.25) is 4.79 Å². The highest BCUT2D eigenvalue weighted by atomic mass is 16.5. The molecule has 1 N–H and O–H groups in total. The van der Waals surface area contributed by atoms with Crippen molar-refractivity contribution in [3.63, 3.8) is 0 Å². The van der Waals surface area contributed by atoms with Gasteiger partial charge in [0.05, 0.1) is 19.3 Å². The SMILES string of the molecule is CC1COCCN1C(=O)/C=C\C(=O)O. The van der Waals surface area contributed by atoms with Crippen LogP contribution in [0.4, 0.5) is 0 Å². The number of morpholine rings is 1. The molecular formula is C9H13NO4. The highest BCUT2D eigenvalue weighted by Gasteiger charge is 2.21. The van der Waals surface area contributed by atoms with Gasteiger partial charge in [0.15, 0.2) is 0 Å².